The lowest BCUT2D eigenvalue weighted by molar-refractivity contribution is -0.116. The van der Waals surface area contributed by atoms with Crippen LogP contribution in [-0.2, 0) is 11.2 Å². The molecule has 0 unspecified atom stereocenters. The van der Waals surface area contributed by atoms with Gasteiger partial charge in [0.15, 0.2) is 5.65 Å². The highest BCUT2D eigenvalue weighted by atomic mass is 16.1. The number of aryl methyl sites for hydroxylation is 4. The molecule has 0 aliphatic carbocycles. The van der Waals surface area contributed by atoms with Gasteiger partial charge in [-0.05, 0) is 62.9 Å². The van der Waals surface area contributed by atoms with Gasteiger partial charge in [0.2, 0.25) is 5.91 Å². The molecule has 0 aliphatic rings. The second kappa shape index (κ2) is 7.08. The molecule has 28 heavy (non-hydrogen) atoms. The van der Waals surface area contributed by atoms with E-state index in [0.29, 0.717) is 12.8 Å². The molecule has 0 radical (unpaired) electrons. The first-order valence-corrected chi connectivity index (χ1v) is 9.55. The van der Waals surface area contributed by atoms with E-state index in [4.69, 9.17) is 4.98 Å². The summed E-state index contributed by atoms with van der Waals surface area (Å²) in [5.41, 5.74) is 7.94. The molecule has 1 N–H and O–H groups in total. The van der Waals surface area contributed by atoms with E-state index in [9.17, 15) is 4.79 Å². The topological polar surface area (TPSA) is 59.3 Å². The first-order valence-electron chi connectivity index (χ1n) is 9.55. The Bertz CT molecular complexity index is 1190. The third-order valence-electron chi connectivity index (χ3n) is 5.37. The number of aromatic nitrogens is 3. The van der Waals surface area contributed by atoms with E-state index in [1.54, 1.807) is 0 Å². The van der Waals surface area contributed by atoms with Crippen LogP contribution < -0.4 is 5.32 Å². The lowest BCUT2D eigenvalue weighted by Gasteiger charge is -2.13. The van der Waals surface area contributed by atoms with Gasteiger partial charge in [0.05, 0.1) is 5.52 Å². The van der Waals surface area contributed by atoms with E-state index in [1.807, 2.05) is 74.7 Å². The van der Waals surface area contributed by atoms with Gasteiger partial charge < -0.3 is 5.32 Å². The Morgan fingerprint density at radius 3 is 2.46 bits per heavy atom. The Balaban J connectivity index is 1.59. The standard InChI is InChI=1S/C23H24N4O/c1-14-8-7-9-15(2)22(14)25-21(28)13-12-18-16(3)24-23-19-10-5-6-11-20(19)26-27(23)17(18)4/h5-11H,12-13H2,1-4H3,(H,25,28). The summed E-state index contributed by atoms with van der Waals surface area (Å²) >= 11 is 0. The molecule has 4 rings (SSSR count). The second-order valence-corrected chi connectivity index (χ2v) is 7.33. The number of carbonyl (C=O) groups excluding carboxylic acids is 1. The quantitative estimate of drug-likeness (QED) is 0.565. The van der Waals surface area contributed by atoms with Crippen molar-refractivity contribution in [2.24, 2.45) is 0 Å². The van der Waals surface area contributed by atoms with Crippen molar-refractivity contribution in [3.05, 3.63) is 70.5 Å². The minimum atomic E-state index is 0.0157. The molecule has 1 amide bonds. The van der Waals surface area contributed by atoms with Crippen molar-refractivity contribution >= 4 is 28.1 Å². The molecular weight excluding hydrogens is 348 g/mol. The van der Waals surface area contributed by atoms with Gasteiger partial charge in [-0.25, -0.2) is 9.50 Å². The molecule has 0 aliphatic heterocycles. The smallest absolute Gasteiger partial charge is 0.224 e. The largest absolute Gasteiger partial charge is 0.326 e. The lowest BCUT2D eigenvalue weighted by atomic mass is 10.1. The van der Waals surface area contributed by atoms with Crippen LogP contribution in [0.2, 0.25) is 0 Å². The first kappa shape index (κ1) is 18.2. The Morgan fingerprint density at radius 1 is 1.00 bits per heavy atom. The SMILES string of the molecule is Cc1cccc(C)c1NC(=O)CCc1c(C)nc2c3ccccc3nn2c1C. The van der Waals surface area contributed by atoms with E-state index in [1.165, 1.54) is 0 Å². The molecule has 2 heterocycles. The van der Waals surface area contributed by atoms with E-state index in [-0.39, 0.29) is 5.91 Å². The summed E-state index contributed by atoms with van der Waals surface area (Å²) < 4.78 is 1.90. The molecule has 5 heteroatoms. The predicted molar refractivity (Wildman–Crippen MR) is 113 cm³/mol. The van der Waals surface area contributed by atoms with Crippen molar-refractivity contribution in [2.45, 2.75) is 40.5 Å². The third kappa shape index (κ3) is 3.13. The van der Waals surface area contributed by atoms with Crippen molar-refractivity contribution in [3.8, 4) is 0 Å². The maximum Gasteiger partial charge on any atom is 0.224 e. The van der Waals surface area contributed by atoms with E-state index >= 15 is 0 Å². The number of nitrogens with one attached hydrogen (secondary N) is 1. The maximum atomic E-state index is 12.6. The predicted octanol–water partition coefficient (Wildman–Crippen LogP) is 4.69. The molecular formula is C23H24N4O. The second-order valence-electron chi connectivity index (χ2n) is 7.33. The summed E-state index contributed by atoms with van der Waals surface area (Å²) in [4.78, 5) is 17.3. The number of anilines is 1. The van der Waals surface area contributed by atoms with Crippen molar-refractivity contribution in [3.63, 3.8) is 0 Å². The zero-order valence-electron chi connectivity index (χ0n) is 16.7. The van der Waals surface area contributed by atoms with Gasteiger partial charge in [0.25, 0.3) is 0 Å². The molecule has 0 saturated heterocycles. The number of amides is 1. The number of fused-ring (bicyclic) bond motifs is 3. The Hall–Kier alpha value is -3.21. The molecule has 0 atom stereocenters. The average Bonchev–Trinajstić information content (AvgIpc) is 3.03. The number of benzene rings is 2. The van der Waals surface area contributed by atoms with Gasteiger partial charge in [0.1, 0.15) is 0 Å². The van der Waals surface area contributed by atoms with Crippen LogP contribution in [0.3, 0.4) is 0 Å². The van der Waals surface area contributed by atoms with Gasteiger partial charge >= 0.3 is 0 Å². The number of hydrogen-bond donors (Lipinski definition) is 1. The zero-order valence-corrected chi connectivity index (χ0v) is 16.7. The summed E-state index contributed by atoms with van der Waals surface area (Å²) in [6, 6.07) is 14.0. The highest BCUT2D eigenvalue weighted by Crippen LogP contribution is 2.24. The van der Waals surface area contributed by atoms with Gasteiger partial charge in [-0.15, -0.1) is 0 Å². The fraction of sp³-hybridized carbons (Fsp3) is 0.261. The summed E-state index contributed by atoms with van der Waals surface area (Å²) in [5.74, 6) is 0.0157. The summed E-state index contributed by atoms with van der Waals surface area (Å²) in [6.45, 7) is 8.08. The number of carbonyl (C=O) groups is 1. The highest BCUT2D eigenvalue weighted by molar-refractivity contribution is 5.93. The van der Waals surface area contributed by atoms with Crippen LogP contribution in [0.15, 0.2) is 42.5 Å². The van der Waals surface area contributed by atoms with Crippen LogP contribution in [0.5, 0.6) is 0 Å². The molecule has 0 fully saturated rings. The lowest BCUT2D eigenvalue weighted by Crippen LogP contribution is -2.15. The minimum absolute atomic E-state index is 0.0157. The minimum Gasteiger partial charge on any atom is -0.326 e. The molecule has 2 aromatic heterocycles. The molecule has 0 bridgehead atoms. The number of rotatable bonds is 4. The summed E-state index contributed by atoms with van der Waals surface area (Å²) in [6.07, 6.45) is 1.04. The monoisotopic (exact) mass is 372 g/mol. The Morgan fingerprint density at radius 2 is 1.71 bits per heavy atom. The summed E-state index contributed by atoms with van der Waals surface area (Å²) in [7, 11) is 0. The maximum absolute atomic E-state index is 12.6. The molecule has 0 saturated carbocycles. The number of para-hydroxylation sites is 1. The van der Waals surface area contributed by atoms with Gasteiger partial charge in [0, 0.05) is 28.9 Å². The molecule has 4 aromatic rings. The van der Waals surface area contributed by atoms with Crippen LogP contribution in [0.4, 0.5) is 5.69 Å². The third-order valence-corrected chi connectivity index (χ3v) is 5.37. The zero-order chi connectivity index (χ0) is 19.8. The van der Waals surface area contributed by atoms with Crippen molar-refractivity contribution < 1.29 is 4.79 Å². The van der Waals surface area contributed by atoms with Crippen LogP contribution in [0, 0.1) is 27.7 Å². The highest BCUT2D eigenvalue weighted by Gasteiger charge is 2.15. The molecule has 0 spiro atoms. The van der Waals surface area contributed by atoms with Crippen LogP contribution >= 0.6 is 0 Å². The normalized spacial score (nSPS) is 11.3. The van der Waals surface area contributed by atoms with E-state index in [2.05, 4.69) is 10.4 Å². The van der Waals surface area contributed by atoms with Crippen molar-refractivity contribution in [1.82, 2.24) is 14.6 Å². The number of nitrogens with zero attached hydrogens (tertiary/aromatic N) is 3. The van der Waals surface area contributed by atoms with E-state index < -0.39 is 0 Å². The van der Waals surface area contributed by atoms with E-state index in [0.717, 1.165) is 50.3 Å². The number of hydrogen-bond acceptors (Lipinski definition) is 3. The van der Waals surface area contributed by atoms with Crippen LogP contribution in [0.25, 0.3) is 16.6 Å². The van der Waals surface area contributed by atoms with Crippen molar-refractivity contribution in [2.75, 3.05) is 5.32 Å². The van der Waals surface area contributed by atoms with Gasteiger partial charge in [-0.3, -0.25) is 4.79 Å². The Kier molecular flexibility index (Phi) is 4.59. The van der Waals surface area contributed by atoms with Crippen molar-refractivity contribution in [1.29, 1.82) is 0 Å². The van der Waals surface area contributed by atoms with Gasteiger partial charge in [-0.2, -0.15) is 5.10 Å². The fourth-order valence-corrected chi connectivity index (χ4v) is 3.79. The van der Waals surface area contributed by atoms with Crippen LogP contribution in [-0.4, -0.2) is 20.5 Å². The molecule has 142 valence electrons. The average molecular weight is 372 g/mol. The molecule has 2 aromatic carbocycles. The Labute approximate surface area is 164 Å². The summed E-state index contributed by atoms with van der Waals surface area (Å²) in [5, 5.41) is 8.80. The van der Waals surface area contributed by atoms with Crippen LogP contribution in [0.1, 0.15) is 34.5 Å². The van der Waals surface area contributed by atoms with Gasteiger partial charge in [-0.1, -0.05) is 30.3 Å². The molecule has 5 nitrogen and oxygen atoms in total. The first-order chi connectivity index (χ1) is 13.5. The fourth-order valence-electron chi connectivity index (χ4n) is 3.79.